The Bertz CT molecular complexity index is 2260. The van der Waals surface area contributed by atoms with Gasteiger partial charge in [0.2, 0.25) is 17.7 Å². The van der Waals surface area contributed by atoms with E-state index in [0.29, 0.717) is 71.4 Å². The second kappa shape index (κ2) is 30.8. The summed E-state index contributed by atoms with van der Waals surface area (Å²) < 4.78 is 0. The molecule has 2 unspecified atom stereocenters. The maximum Gasteiger partial charge on any atom is 0.326 e. The van der Waals surface area contributed by atoms with Crippen LogP contribution < -0.4 is 26.6 Å². The summed E-state index contributed by atoms with van der Waals surface area (Å²) in [4.78, 5) is 120. The smallest absolute Gasteiger partial charge is 0.326 e. The molecule has 2 saturated heterocycles. The molecule has 0 spiro atoms. The van der Waals surface area contributed by atoms with Gasteiger partial charge in [-0.2, -0.15) is 0 Å². The second-order valence-electron chi connectivity index (χ2n) is 20.1. The van der Waals surface area contributed by atoms with Crippen LogP contribution in [0, 0.1) is 11.8 Å². The molecule has 414 valence electrons. The van der Waals surface area contributed by atoms with Gasteiger partial charge in [0.25, 0.3) is 0 Å². The second-order valence-corrected chi connectivity index (χ2v) is 20.1. The molecule has 2 bridgehead atoms. The summed E-state index contributed by atoms with van der Waals surface area (Å²) in [6, 6.07) is 7.80. The van der Waals surface area contributed by atoms with Crippen LogP contribution in [-0.2, 0) is 44.8 Å². The number of urea groups is 1. The van der Waals surface area contributed by atoms with Gasteiger partial charge in [-0.05, 0) is 106 Å². The number of rotatable bonds is 26. The first-order valence-corrected chi connectivity index (χ1v) is 26.4. The van der Waals surface area contributed by atoms with E-state index >= 15 is 0 Å². The zero-order valence-electron chi connectivity index (χ0n) is 42.8. The molecule has 2 aromatic rings. The van der Waals surface area contributed by atoms with Gasteiger partial charge >= 0.3 is 35.9 Å². The van der Waals surface area contributed by atoms with Crippen LogP contribution in [0.3, 0.4) is 0 Å². The Labute approximate surface area is 437 Å². The van der Waals surface area contributed by atoms with E-state index in [1.54, 1.807) is 0 Å². The lowest BCUT2D eigenvalue weighted by Crippen LogP contribution is -2.51. The van der Waals surface area contributed by atoms with Gasteiger partial charge in [0.1, 0.15) is 24.2 Å². The van der Waals surface area contributed by atoms with E-state index in [9.17, 15) is 63.6 Å². The lowest BCUT2D eigenvalue weighted by molar-refractivity contribution is -0.144. The Morgan fingerprint density at radius 3 is 1.87 bits per heavy atom. The number of unbranched alkanes of at least 4 members (excludes halogenated alkanes) is 1. The maximum atomic E-state index is 13.8. The molecular formula is C52H77N9O14. The molecule has 0 radical (unpaired) electrons. The van der Waals surface area contributed by atoms with Crippen LogP contribution >= 0.6 is 0 Å². The normalized spacial score (nSPS) is 21.5. The van der Waals surface area contributed by atoms with Crippen molar-refractivity contribution in [2.45, 2.75) is 114 Å². The molecule has 1 saturated carbocycles. The minimum absolute atomic E-state index is 0.0143. The Kier molecular flexibility index (Phi) is 24.4. The number of carboxylic acid groups (broad SMARTS) is 5. The van der Waals surface area contributed by atoms with Gasteiger partial charge in [-0.3, -0.25) is 38.6 Å². The molecule has 2 aromatic carbocycles. The molecule has 2 heterocycles. The van der Waals surface area contributed by atoms with E-state index in [1.165, 1.54) is 0 Å². The van der Waals surface area contributed by atoms with Crippen LogP contribution in [0.4, 0.5) is 4.79 Å². The van der Waals surface area contributed by atoms with E-state index < -0.39 is 78.8 Å². The molecule has 10 N–H and O–H groups in total. The van der Waals surface area contributed by atoms with E-state index in [1.807, 2.05) is 52.3 Å². The van der Waals surface area contributed by atoms with E-state index in [-0.39, 0.29) is 68.8 Å². The fourth-order valence-corrected chi connectivity index (χ4v) is 10.2. The molecule has 2 aliphatic heterocycles. The number of nitrogens with zero attached hydrogens (tertiary/aromatic N) is 4. The lowest BCUT2D eigenvalue weighted by atomic mass is 9.81. The summed E-state index contributed by atoms with van der Waals surface area (Å²) in [5.74, 6) is -7.08. The SMILES string of the molecule is O=C(O)CC[C@H](NC(=O)N[C@@H](CCCCNC(=O)[C@H](Cc1ccc2ccccc2c1)NC(=O)[C@H]1CC[C@H](CNC(=O)CC[C@H](C(=O)O)N2CCCN3CCN(CCCN(CC(=O)O)CC3)CC2)CC1)C(=O)O)C(=O)O. The van der Waals surface area contributed by atoms with Gasteiger partial charge < -0.3 is 61.9 Å². The van der Waals surface area contributed by atoms with Crippen molar-refractivity contribution in [3.05, 3.63) is 48.0 Å². The predicted octanol–water partition coefficient (Wildman–Crippen LogP) is 1.48. The number of amides is 5. The number of aliphatic carboxylic acids is 5. The number of hydrogen-bond donors (Lipinski definition) is 10. The molecule has 5 amide bonds. The molecule has 23 heteroatoms. The molecule has 1 aliphatic carbocycles. The highest BCUT2D eigenvalue weighted by molar-refractivity contribution is 5.90. The molecular weight excluding hydrogens is 975 g/mol. The molecule has 5 rings (SSSR count). The van der Waals surface area contributed by atoms with Crippen molar-refractivity contribution in [2.24, 2.45) is 11.8 Å². The zero-order valence-corrected chi connectivity index (χ0v) is 42.8. The van der Waals surface area contributed by atoms with Crippen molar-refractivity contribution in [2.75, 3.05) is 85.1 Å². The van der Waals surface area contributed by atoms with E-state index in [2.05, 4.69) is 36.4 Å². The van der Waals surface area contributed by atoms with Crippen LogP contribution in [0.2, 0.25) is 0 Å². The van der Waals surface area contributed by atoms with Gasteiger partial charge in [-0.1, -0.05) is 42.5 Å². The van der Waals surface area contributed by atoms with Crippen molar-refractivity contribution in [3.63, 3.8) is 0 Å². The summed E-state index contributed by atoms with van der Waals surface area (Å²) in [7, 11) is 0. The standard InChI is InChI=1S/C52H77N9O14/c62-44(18-17-43(51(73)74)61-24-6-22-58-25-26-59(29-30-61)21-5-23-60(28-27-58)34-46(65)66)54-33-35-10-14-38(15-11-35)47(67)55-42(32-36-12-13-37-7-1-2-8-39(37)31-36)48(68)53-20-4-3-9-40(49(69)70)56-52(75)57-41(50(71)72)16-19-45(63)64/h1-2,7-8,12-13,31,35,38,40-43H,3-6,9-11,14-30,32-34H2,(H,53,68)(H,54,62)(H,55,67)(H,63,64)(H,65,66)(H,69,70)(H,71,72)(H,73,74)(H2,56,57,75)/t35-,38-,40-,41-,42-,43+/m0/s1. The van der Waals surface area contributed by atoms with E-state index in [4.69, 9.17) is 5.11 Å². The average Bonchev–Trinajstić information content (AvgIpc) is 3.37. The van der Waals surface area contributed by atoms with Crippen molar-refractivity contribution in [3.8, 4) is 0 Å². The topological polar surface area (TPSA) is 328 Å². The number of hydrogen-bond acceptors (Lipinski definition) is 13. The molecule has 23 nitrogen and oxygen atoms in total. The van der Waals surface area contributed by atoms with Crippen molar-refractivity contribution < 1.29 is 68.7 Å². The summed E-state index contributed by atoms with van der Waals surface area (Å²) in [6.07, 6.45) is 3.95. The summed E-state index contributed by atoms with van der Waals surface area (Å²) >= 11 is 0. The fourth-order valence-electron chi connectivity index (χ4n) is 10.2. The van der Waals surface area contributed by atoms with Gasteiger partial charge in [-0.15, -0.1) is 0 Å². The van der Waals surface area contributed by atoms with Crippen molar-refractivity contribution in [1.82, 2.24) is 46.2 Å². The minimum atomic E-state index is -1.54. The Morgan fingerprint density at radius 2 is 1.21 bits per heavy atom. The Balaban J connectivity index is 1.07. The van der Waals surface area contributed by atoms with Crippen molar-refractivity contribution >= 4 is 64.4 Å². The largest absolute Gasteiger partial charge is 0.481 e. The third-order valence-electron chi connectivity index (χ3n) is 14.5. The number of nitrogens with one attached hydrogen (secondary N) is 5. The molecule has 3 fully saturated rings. The fraction of sp³-hybridized carbons (Fsp3) is 0.635. The van der Waals surface area contributed by atoms with Crippen LogP contribution in [0.1, 0.15) is 89.0 Å². The lowest BCUT2D eigenvalue weighted by Gasteiger charge is -2.37. The van der Waals surface area contributed by atoms with Gasteiger partial charge in [0.05, 0.1) is 6.54 Å². The van der Waals surface area contributed by atoms with Crippen LogP contribution in [0.5, 0.6) is 0 Å². The summed E-state index contributed by atoms with van der Waals surface area (Å²) in [5.41, 5.74) is 0.825. The minimum Gasteiger partial charge on any atom is -0.481 e. The average molecular weight is 1050 g/mol. The van der Waals surface area contributed by atoms with Gasteiger partial charge in [-0.25, -0.2) is 14.4 Å². The van der Waals surface area contributed by atoms with Gasteiger partial charge in [0.15, 0.2) is 0 Å². The quantitative estimate of drug-likeness (QED) is 0.0597. The highest BCUT2D eigenvalue weighted by Crippen LogP contribution is 2.29. The highest BCUT2D eigenvalue weighted by atomic mass is 16.4. The predicted molar refractivity (Wildman–Crippen MR) is 275 cm³/mol. The highest BCUT2D eigenvalue weighted by Gasteiger charge is 2.32. The first-order chi connectivity index (χ1) is 35.9. The Hall–Kier alpha value is -6.43. The van der Waals surface area contributed by atoms with Crippen LogP contribution in [0.25, 0.3) is 10.8 Å². The molecule has 0 aromatic heterocycles. The Morgan fingerprint density at radius 1 is 0.573 bits per heavy atom. The summed E-state index contributed by atoms with van der Waals surface area (Å²) in [5, 5.41) is 62.7. The summed E-state index contributed by atoms with van der Waals surface area (Å²) in [6.45, 7) is 7.67. The van der Waals surface area contributed by atoms with Gasteiger partial charge in [0, 0.05) is 90.6 Å². The monoisotopic (exact) mass is 1050 g/mol. The number of carbonyl (C=O) groups is 9. The first kappa shape index (κ1) is 59.4. The maximum absolute atomic E-state index is 13.8. The van der Waals surface area contributed by atoms with Crippen molar-refractivity contribution in [1.29, 1.82) is 0 Å². The number of benzene rings is 2. The third-order valence-corrected chi connectivity index (χ3v) is 14.5. The number of carboxylic acids is 5. The first-order valence-electron chi connectivity index (χ1n) is 26.4. The van der Waals surface area contributed by atoms with Crippen LogP contribution in [0.15, 0.2) is 42.5 Å². The molecule has 6 atom stereocenters. The third kappa shape index (κ3) is 21.0. The van der Waals surface area contributed by atoms with Crippen LogP contribution in [-0.4, -0.2) is 208 Å². The molecule has 3 aliphatic rings. The number of fused-ring (bicyclic) bond motifs is 4. The molecule has 75 heavy (non-hydrogen) atoms. The zero-order chi connectivity index (χ0) is 54.3. The van der Waals surface area contributed by atoms with E-state index in [0.717, 1.165) is 61.9 Å². The number of carbonyl (C=O) groups excluding carboxylic acids is 4.